The number of aromatic nitrogens is 6. The van der Waals surface area contributed by atoms with Crippen LogP contribution in [0.25, 0.3) is 0 Å². The molecule has 0 bridgehead atoms. The smallest absolute Gasteiger partial charge is 0.187 e. The number of aliphatic hydroxyl groups is 12. The van der Waals surface area contributed by atoms with Gasteiger partial charge in [-0.05, 0) is 25.7 Å². The Balaban J connectivity index is 0.672. The summed E-state index contributed by atoms with van der Waals surface area (Å²) in [4.78, 5) is 0. The molecule has 36 N–H and O–H groups in total. The molecule has 0 aromatic carbocycles. The maximum atomic E-state index is 12.0. The Labute approximate surface area is 598 Å². The first-order valence-electron chi connectivity index (χ1n) is 35.5. The third-order valence-electron chi connectivity index (χ3n) is 20.6. The number of hydrogen-bond donors (Lipinski definition) is 24. The van der Waals surface area contributed by atoms with E-state index in [1.54, 1.807) is 12.4 Å². The predicted octanol–water partition coefficient (Wildman–Crippen LogP) is -14.8. The lowest BCUT2D eigenvalue weighted by Crippen LogP contribution is -2.68. The van der Waals surface area contributed by atoms with E-state index in [0.717, 1.165) is 38.5 Å². The SMILES string of the molecule is NCC1O[C@H](OC2C(N)C[C@@H](N)C(O)[C@H]2O[C@@H]2O[C@H](Cn3cc(COCCCCCCCCOCc4cn(C[C@H]5O[C@@H](O[C@H]6C(O[C@H]7OC(CN)C(O)[C@H](O)C7N)C(N)C[C@@H](N)C6O)[C@@H](O)C5O[C@H]5O[C@@H](CN)C(O)C(O)C5N)nn4)nn3)C(O[C@H]3O[C@@H](CN)C(O)C(O)C3N)[C@@H]2O)C(N)[C@@H](O)C1O. The number of unbranched alkanes of at least 4 members (excludes halogenated alkanes) is 5. The number of nitrogens with two attached hydrogens (primary N) is 12. The second-order valence-electron chi connectivity index (χ2n) is 28.2. The van der Waals surface area contributed by atoms with Gasteiger partial charge in [0, 0.05) is 63.6 Å². The van der Waals surface area contributed by atoms with E-state index in [-0.39, 0.29) is 65.3 Å². The maximum Gasteiger partial charge on any atom is 0.187 e. The number of rotatable bonds is 33. The van der Waals surface area contributed by atoms with E-state index in [2.05, 4.69) is 20.6 Å². The molecule has 2 aromatic heterocycles. The fourth-order valence-electron chi connectivity index (χ4n) is 14.3. The van der Waals surface area contributed by atoms with Crippen molar-refractivity contribution < 1.29 is 128 Å². The molecule has 8 heterocycles. The molecule has 6 aliphatic heterocycles. The minimum atomic E-state index is -1.67. The molecule has 8 aliphatic rings. The molecule has 44 heteroatoms. The van der Waals surface area contributed by atoms with Crippen molar-refractivity contribution >= 4 is 0 Å². The summed E-state index contributed by atoms with van der Waals surface area (Å²) in [5.41, 5.74) is 74.9. The lowest BCUT2D eigenvalue weighted by atomic mass is 9.84. The van der Waals surface area contributed by atoms with Crippen LogP contribution in [0.15, 0.2) is 12.4 Å². The molecule has 598 valence electrons. The van der Waals surface area contributed by atoms with Gasteiger partial charge in [0.05, 0.1) is 75.1 Å². The van der Waals surface area contributed by atoms with Crippen LogP contribution in [0.1, 0.15) is 62.8 Å². The third kappa shape index (κ3) is 19.2. The highest BCUT2D eigenvalue weighted by Gasteiger charge is 2.58. The maximum absolute atomic E-state index is 12.0. The molecule has 2 aliphatic carbocycles. The molecule has 0 amide bonds. The molecule has 8 fully saturated rings. The van der Waals surface area contributed by atoms with Crippen LogP contribution in [0.3, 0.4) is 0 Å². The molecule has 0 spiro atoms. The van der Waals surface area contributed by atoms with E-state index in [4.69, 9.17) is 135 Å². The van der Waals surface area contributed by atoms with Crippen molar-refractivity contribution in [1.82, 2.24) is 30.0 Å². The molecule has 20 unspecified atom stereocenters. The van der Waals surface area contributed by atoms with E-state index in [9.17, 15) is 61.3 Å². The summed E-state index contributed by atoms with van der Waals surface area (Å²) in [6.45, 7) is 0.000855. The molecule has 10 rings (SSSR count). The zero-order valence-corrected chi connectivity index (χ0v) is 57.5. The third-order valence-corrected chi connectivity index (χ3v) is 20.6. The number of ether oxygens (including phenoxy) is 14. The Hall–Kier alpha value is -3.24. The van der Waals surface area contributed by atoms with Gasteiger partial charge in [0.1, 0.15) is 146 Å². The van der Waals surface area contributed by atoms with Gasteiger partial charge in [-0.25, -0.2) is 9.36 Å². The topological polar surface area (TPSA) is 746 Å². The van der Waals surface area contributed by atoms with Crippen LogP contribution in [-0.4, -0.2) is 363 Å². The first-order valence-corrected chi connectivity index (χ1v) is 35.5. The van der Waals surface area contributed by atoms with Crippen LogP contribution in [0.5, 0.6) is 0 Å². The zero-order chi connectivity index (χ0) is 75.1. The molecule has 2 saturated carbocycles. The van der Waals surface area contributed by atoms with Crippen molar-refractivity contribution in [1.29, 1.82) is 0 Å². The van der Waals surface area contributed by atoms with Crippen molar-refractivity contribution in [2.75, 3.05) is 39.4 Å². The van der Waals surface area contributed by atoms with E-state index in [1.807, 2.05) is 0 Å². The largest absolute Gasteiger partial charge is 0.389 e. The van der Waals surface area contributed by atoms with E-state index >= 15 is 0 Å². The molecule has 6 saturated heterocycles. The van der Waals surface area contributed by atoms with Gasteiger partial charge in [0.2, 0.25) is 0 Å². The Morgan fingerprint density at radius 2 is 0.606 bits per heavy atom. The van der Waals surface area contributed by atoms with Gasteiger partial charge < -0.3 is 196 Å². The molecule has 2 aromatic rings. The monoisotopic (exact) mass is 1500 g/mol. The summed E-state index contributed by atoms with van der Waals surface area (Å²) in [7, 11) is 0. The average molecular weight is 1500 g/mol. The predicted molar refractivity (Wildman–Crippen MR) is 350 cm³/mol. The summed E-state index contributed by atoms with van der Waals surface area (Å²) in [5.74, 6) is 0. The summed E-state index contributed by atoms with van der Waals surface area (Å²) >= 11 is 0. The van der Waals surface area contributed by atoms with Crippen LogP contribution in [0.4, 0.5) is 0 Å². The van der Waals surface area contributed by atoms with Crippen molar-refractivity contribution in [3.8, 4) is 0 Å². The van der Waals surface area contributed by atoms with Crippen LogP contribution in [0.2, 0.25) is 0 Å². The molecule has 0 radical (unpaired) electrons. The Bertz CT molecular complexity index is 2700. The van der Waals surface area contributed by atoms with Crippen LogP contribution >= 0.6 is 0 Å². The lowest BCUT2D eigenvalue weighted by molar-refractivity contribution is -0.306. The highest BCUT2D eigenvalue weighted by molar-refractivity contribution is 5.06. The Kier molecular flexibility index (Phi) is 30.1. The minimum Gasteiger partial charge on any atom is -0.389 e. The van der Waals surface area contributed by atoms with Crippen molar-refractivity contribution in [3.05, 3.63) is 23.8 Å². The standard InChI is InChI=1S/C60H112N18O26/c61-11-27-39(81)43(85)33(69)55(93-27)99-49-25(67)9-23(65)37(79)53(49)103-59-47(89)51(101-57-35(71)45(87)41(83)29(13-63)95-57)31(97-59)17-77-15-21(73-75-77)19-91-7-5-3-1-2-4-6-8-92-20-22-16-78(76-74-22)18-32-52(102-58-36(72)46(88)42(84)30(14-64)96-58)48(90)60(98-32)104-54-38(80)24(66)10-26(68)50(54)100-56-34(70)44(86)40(82)28(12-62)94-56/h15-16,23-60,79-90H,1-14,17-20,61-72H2/t23-,24-,25?,26?,27?,28?,29+,30+,31-,32-,33?,34?,35?,36?,37?,38?,39?,40?,41?,42?,43-,44-,45?,46?,47+,48+,49?,50?,51?,52?,53-,54-,55-,56-,57-,58-,59+,60+/m1/s1. The zero-order valence-electron chi connectivity index (χ0n) is 57.5. The second kappa shape index (κ2) is 37.6. The first-order chi connectivity index (χ1) is 49.7. The van der Waals surface area contributed by atoms with Crippen LogP contribution in [-0.2, 0) is 92.6 Å². The first kappa shape index (κ1) is 83.2. The highest BCUT2D eigenvalue weighted by Crippen LogP contribution is 2.38. The summed E-state index contributed by atoms with van der Waals surface area (Å²) in [6.07, 6.45) is -33.0. The van der Waals surface area contributed by atoms with E-state index in [0.29, 0.717) is 24.6 Å². The molecular weight excluding hydrogens is 1390 g/mol. The number of aliphatic hydroxyl groups excluding tert-OH is 12. The highest BCUT2D eigenvalue weighted by atomic mass is 16.8. The quantitative estimate of drug-likeness (QED) is 0.0295. The van der Waals surface area contributed by atoms with Gasteiger partial charge in [-0.3, -0.25) is 0 Å². The van der Waals surface area contributed by atoms with Crippen molar-refractivity contribution in [2.24, 2.45) is 68.8 Å². The summed E-state index contributed by atoms with van der Waals surface area (Å²) in [6, 6.07) is -8.93. The Morgan fingerprint density at radius 3 is 0.913 bits per heavy atom. The lowest BCUT2D eigenvalue weighted by Gasteiger charge is -2.47. The normalized spacial score (nSPS) is 45.9. The summed E-state index contributed by atoms with van der Waals surface area (Å²) in [5, 5.41) is 149. The van der Waals surface area contributed by atoms with Gasteiger partial charge in [-0.1, -0.05) is 36.1 Å². The average Bonchev–Trinajstić information content (AvgIpc) is 1.60. The van der Waals surface area contributed by atoms with E-state index in [1.165, 1.54) is 9.36 Å². The van der Waals surface area contributed by atoms with Crippen LogP contribution < -0.4 is 68.8 Å². The molecule has 104 heavy (non-hydrogen) atoms. The number of hydrogen-bond acceptors (Lipinski definition) is 42. The summed E-state index contributed by atoms with van der Waals surface area (Å²) < 4.78 is 88.1. The van der Waals surface area contributed by atoms with E-state index < -0.39 is 233 Å². The minimum absolute atomic E-state index is 0.0402. The van der Waals surface area contributed by atoms with Gasteiger partial charge in [-0.2, -0.15) is 0 Å². The second-order valence-corrected chi connectivity index (χ2v) is 28.2. The fraction of sp³-hybridized carbons (Fsp3) is 0.933. The fourth-order valence-corrected chi connectivity index (χ4v) is 14.3. The van der Waals surface area contributed by atoms with Gasteiger partial charge in [0.15, 0.2) is 37.7 Å². The Morgan fingerprint density at radius 1 is 0.327 bits per heavy atom. The van der Waals surface area contributed by atoms with Gasteiger partial charge in [0.25, 0.3) is 0 Å². The van der Waals surface area contributed by atoms with Crippen molar-refractivity contribution in [2.45, 2.75) is 310 Å². The number of nitrogens with zero attached hydrogens (tertiary/aromatic N) is 6. The van der Waals surface area contributed by atoms with Gasteiger partial charge >= 0.3 is 0 Å². The molecule has 44 nitrogen and oxygen atoms in total. The van der Waals surface area contributed by atoms with Gasteiger partial charge in [-0.15, -0.1) is 10.2 Å². The molecule has 38 atom stereocenters. The van der Waals surface area contributed by atoms with Crippen molar-refractivity contribution in [3.63, 3.8) is 0 Å². The van der Waals surface area contributed by atoms with Crippen LogP contribution in [0, 0.1) is 0 Å². The molecular formula is C60H112N18O26.